The van der Waals surface area contributed by atoms with Crippen LogP contribution in [0.3, 0.4) is 0 Å². The van der Waals surface area contributed by atoms with Gasteiger partial charge in [0.2, 0.25) is 0 Å². The molecule has 1 aromatic heterocycles. The van der Waals surface area contributed by atoms with Gasteiger partial charge in [0.25, 0.3) is 0 Å². The van der Waals surface area contributed by atoms with Gasteiger partial charge in [-0.1, -0.05) is 13.8 Å². The van der Waals surface area contributed by atoms with E-state index in [4.69, 9.17) is 5.26 Å². The molecule has 0 unspecified atom stereocenters. The van der Waals surface area contributed by atoms with E-state index < -0.39 is 0 Å². The molecule has 0 aliphatic carbocycles. The summed E-state index contributed by atoms with van der Waals surface area (Å²) in [5.41, 5.74) is 1.11. The van der Waals surface area contributed by atoms with Crippen LogP contribution in [0.2, 0.25) is 0 Å². The molecule has 0 saturated carbocycles. The van der Waals surface area contributed by atoms with Gasteiger partial charge in [-0.3, -0.25) is 14.4 Å². The highest BCUT2D eigenvalue weighted by atomic mass is 16.1. The fourth-order valence-electron chi connectivity index (χ4n) is 1.16. The third-order valence-corrected chi connectivity index (χ3v) is 1.88. The molecule has 94 valence electrons. The number of rotatable bonds is 4. The lowest BCUT2D eigenvalue weighted by Crippen LogP contribution is -2.21. The lowest BCUT2D eigenvalue weighted by molar-refractivity contribution is 0.111. The molecule has 0 amide bonds. The lowest BCUT2D eigenvalue weighted by atomic mass is 10.3. The van der Waals surface area contributed by atoms with E-state index in [1.54, 1.807) is 7.05 Å². The number of aryl methyl sites for hydroxylation is 1. The summed E-state index contributed by atoms with van der Waals surface area (Å²) in [6.45, 7) is 4.54. The molecule has 0 aromatic carbocycles. The van der Waals surface area contributed by atoms with Gasteiger partial charge in [0, 0.05) is 7.05 Å². The highest BCUT2D eigenvalue weighted by Crippen LogP contribution is 2.17. The minimum atomic E-state index is 0.237. The monoisotopic (exact) mass is 237 g/mol. The largest absolute Gasteiger partial charge is 0.368 e. The number of aldehydes is 1. The molecule has 1 aromatic rings. The summed E-state index contributed by atoms with van der Waals surface area (Å²) < 4.78 is 1.39. The Balaban J connectivity index is 0.00000121. The predicted octanol–water partition coefficient (Wildman–Crippen LogP) is 1.06. The normalized spacial score (nSPS) is 9.24. The smallest absolute Gasteiger partial charge is 0.186 e. The Kier molecular flexibility index (Phi) is 6.60. The van der Waals surface area contributed by atoms with Crippen LogP contribution in [0.1, 0.15) is 30.0 Å². The quantitative estimate of drug-likeness (QED) is 0.626. The molecule has 6 heteroatoms. The van der Waals surface area contributed by atoms with Crippen LogP contribution in [0.5, 0.6) is 0 Å². The van der Waals surface area contributed by atoms with Crippen molar-refractivity contribution in [1.29, 1.82) is 5.26 Å². The number of hydrogen-bond donors (Lipinski definition) is 1. The van der Waals surface area contributed by atoms with Gasteiger partial charge in [-0.25, -0.2) is 0 Å². The van der Waals surface area contributed by atoms with Crippen molar-refractivity contribution in [2.45, 2.75) is 13.8 Å². The standard InChI is InChI=1S/C9H13N5O.C2H6/c1-13(2)6-11-9-7(4-10)12-14(3)8(9)5-15;1-2/h5,11H,6H2,1-3H3;1-2H3. The summed E-state index contributed by atoms with van der Waals surface area (Å²) in [7, 11) is 5.40. The SMILES string of the molecule is CC.CN(C)CNc1c(C#N)nn(C)c1C=O. The maximum absolute atomic E-state index is 10.8. The van der Waals surface area contributed by atoms with Crippen LogP contribution in [0, 0.1) is 11.3 Å². The highest BCUT2D eigenvalue weighted by Gasteiger charge is 2.14. The van der Waals surface area contributed by atoms with Crippen molar-refractivity contribution in [2.24, 2.45) is 7.05 Å². The van der Waals surface area contributed by atoms with Gasteiger partial charge in [-0.15, -0.1) is 0 Å². The molecule has 1 rings (SSSR count). The number of aromatic nitrogens is 2. The zero-order valence-corrected chi connectivity index (χ0v) is 11.0. The van der Waals surface area contributed by atoms with Crippen molar-refractivity contribution in [1.82, 2.24) is 14.7 Å². The third kappa shape index (κ3) is 3.89. The van der Waals surface area contributed by atoms with E-state index in [1.807, 2.05) is 38.9 Å². The van der Waals surface area contributed by atoms with Gasteiger partial charge in [0.1, 0.15) is 17.5 Å². The second-order valence-corrected chi connectivity index (χ2v) is 3.38. The minimum absolute atomic E-state index is 0.237. The predicted molar refractivity (Wildman–Crippen MR) is 66.8 cm³/mol. The Hall–Kier alpha value is -1.87. The van der Waals surface area contributed by atoms with Crippen LogP contribution in [-0.4, -0.2) is 41.7 Å². The summed E-state index contributed by atoms with van der Waals surface area (Å²) in [5, 5.41) is 15.7. The molecule has 6 nitrogen and oxygen atoms in total. The van der Waals surface area contributed by atoms with Crippen molar-refractivity contribution in [3.8, 4) is 6.07 Å². The number of hydrogen-bond acceptors (Lipinski definition) is 5. The molecule has 0 spiro atoms. The minimum Gasteiger partial charge on any atom is -0.368 e. The molecule has 17 heavy (non-hydrogen) atoms. The van der Waals surface area contributed by atoms with Gasteiger partial charge in [-0.2, -0.15) is 10.4 Å². The molecule has 0 radical (unpaired) electrons. The molecule has 1 heterocycles. The number of carbonyl (C=O) groups excluding carboxylic acids is 1. The molecule has 0 aliphatic heterocycles. The first-order valence-electron chi connectivity index (χ1n) is 5.41. The number of nitriles is 1. The van der Waals surface area contributed by atoms with Crippen molar-refractivity contribution in [3.05, 3.63) is 11.4 Å². The van der Waals surface area contributed by atoms with E-state index in [-0.39, 0.29) is 5.69 Å². The zero-order valence-electron chi connectivity index (χ0n) is 11.0. The molecule has 0 atom stereocenters. The van der Waals surface area contributed by atoms with E-state index >= 15 is 0 Å². The van der Waals surface area contributed by atoms with Crippen molar-refractivity contribution in [2.75, 3.05) is 26.1 Å². The summed E-state index contributed by atoms with van der Waals surface area (Å²) in [5.74, 6) is 0. The molecular weight excluding hydrogens is 218 g/mol. The van der Waals surface area contributed by atoms with E-state index in [2.05, 4.69) is 10.4 Å². The van der Waals surface area contributed by atoms with Gasteiger partial charge in [-0.05, 0) is 14.1 Å². The molecule has 0 bridgehead atoms. The second-order valence-electron chi connectivity index (χ2n) is 3.38. The molecular formula is C11H19N5O. The average Bonchev–Trinajstić information content (AvgIpc) is 2.64. The Labute approximate surface area is 102 Å². The van der Waals surface area contributed by atoms with Crippen LogP contribution >= 0.6 is 0 Å². The van der Waals surface area contributed by atoms with Crippen LogP contribution in [0.15, 0.2) is 0 Å². The van der Waals surface area contributed by atoms with Crippen LogP contribution in [0.4, 0.5) is 5.69 Å². The maximum Gasteiger partial charge on any atom is 0.186 e. The fourth-order valence-corrected chi connectivity index (χ4v) is 1.16. The van der Waals surface area contributed by atoms with E-state index in [0.29, 0.717) is 24.3 Å². The molecule has 0 fully saturated rings. The first kappa shape index (κ1) is 15.1. The Morgan fingerprint density at radius 2 is 2.12 bits per heavy atom. The van der Waals surface area contributed by atoms with Crippen molar-refractivity contribution >= 4 is 12.0 Å². The summed E-state index contributed by atoms with van der Waals surface area (Å²) in [6.07, 6.45) is 0.686. The second kappa shape index (κ2) is 7.41. The highest BCUT2D eigenvalue weighted by molar-refractivity contribution is 5.84. The van der Waals surface area contributed by atoms with Crippen molar-refractivity contribution < 1.29 is 4.79 Å². The fraction of sp³-hybridized carbons (Fsp3) is 0.545. The molecule has 0 saturated heterocycles. The first-order valence-corrected chi connectivity index (χ1v) is 5.41. The van der Waals surface area contributed by atoms with E-state index in [0.717, 1.165) is 0 Å². The summed E-state index contributed by atoms with van der Waals surface area (Å²) in [6, 6.07) is 1.94. The van der Waals surface area contributed by atoms with E-state index in [9.17, 15) is 4.79 Å². The average molecular weight is 237 g/mol. The number of carbonyl (C=O) groups is 1. The van der Waals surface area contributed by atoms with Crippen LogP contribution in [0.25, 0.3) is 0 Å². The number of nitrogens with zero attached hydrogens (tertiary/aromatic N) is 4. The Morgan fingerprint density at radius 3 is 2.53 bits per heavy atom. The maximum atomic E-state index is 10.8. The van der Waals surface area contributed by atoms with Gasteiger partial charge >= 0.3 is 0 Å². The zero-order chi connectivity index (χ0) is 13.4. The van der Waals surface area contributed by atoms with E-state index in [1.165, 1.54) is 4.68 Å². The topological polar surface area (TPSA) is 74.0 Å². The molecule has 1 N–H and O–H groups in total. The van der Waals surface area contributed by atoms with Crippen LogP contribution in [-0.2, 0) is 7.05 Å². The van der Waals surface area contributed by atoms with Gasteiger partial charge in [0.15, 0.2) is 12.0 Å². The number of anilines is 1. The van der Waals surface area contributed by atoms with Gasteiger partial charge in [0.05, 0.1) is 6.67 Å². The van der Waals surface area contributed by atoms with Crippen molar-refractivity contribution in [3.63, 3.8) is 0 Å². The summed E-state index contributed by atoms with van der Waals surface area (Å²) >= 11 is 0. The third-order valence-electron chi connectivity index (χ3n) is 1.88. The molecule has 0 aliphatic rings. The Morgan fingerprint density at radius 1 is 1.53 bits per heavy atom. The Bertz CT molecular complexity index is 403. The summed E-state index contributed by atoms with van der Waals surface area (Å²) in [4.78, 5) is 12.7. The number of nitrogens with one attached hydrogen (secondary N) is 1. The van der Waals surface area contributed by atoms with Crippen LogP contribution < -0.4 is 5.32 Å². The lowest BCUT2D eigenvalue weighted by Gasteiger charge is -2.11. The van der Waals surface area contributed by atoms with Gasteiger partial charge < -0.3 is 5.32 Å². The first-order chi connectivity index (χ1) is 8.10.